The Hall–Kier alpha value is -0.570. The monoisotopic (exact) mass is 304 g/mol. The number of rotatable bonds is 3. The molecule has 2 saturated heterocycles. The van der Waals surface area contributed by atoms with Crippen molar-refractivity contribution in [2.75, 3.05) is 19.6 Å². The maximum absolute atomic E-state index is 13.3. The predicted octanol–water partition coefficient (Wildman–Crippen LogP) is 3.58. The van der Waals surface area contributed by atoms with Crippen molar-refractivity contribution in [3.63, 3.8) is 0 Å². The van der Waals surface area contributed by atoms with E-state index in [1.807, 2.05) is 0 Å². The standard InChI is InChI=1S/C19H32N2O/c22-18-19(12-14-21(18)17-9-2-1-3-10-17)11-6-13-20(19)15-16-7-4-5-8-16/h16-17H,1-15H2. The highest BCUT2D eigenvalue weighted by molar-refractivity contribution is 5.89. The van der Waals surface area contributed by atoms with Gasteiger partial charge < -0.3 is 4.90 Å². The van der Waals surface area contributed by atoms with Crippen molar-refractivity contribution in [2.24, 2.45) is 5.92 Å². The van der Waals surface area contributed by atoms with Crippen LogP contribution >= 0.6 is 0 Å². The molecular weight excluding hydrogens is 272 g/mol. The topological polar surface area (TPSA) is 23.6 Å². The summed E-state index contributed by atoms with van der Waals surface area (Å²) in [5, 5.41) is 0. The van der Waals surface area contributed by atoms with Crippen LogP contribution in [0.3, 0.4) is 0 Å². The first-order valence-corrected chi connectivity index (χ1v) is 9.86. The number of carbonyl (C=O) groups excluding carboxylic acids is 1. The third kappa shape index (κ3) is 2.50. The van der Waals surface area contributed by atoms with Crippen LogP contribution in [0.2, 0.25) is 0 Å². The van der Waals surface area contributed by atoms with Crippen LogP contribution in [0.25, 0.3) is 0 Å². The van der Waals surface area contributed by atoms with Gasteiger partial charge in [0.15, 0.2) is 0 Å². The molecule has 1 unspecified atom stereocenters. The Morgan fingerprint density at radius 2 is 1.59 bits per heavy atom. The Bertz CT molecular complexity index is 412. The summed E-state index contributed by atoms with van der Waals surface area (Å²) in [6, 6.07) is 0.564. The molecule has 3 nitrogen and oxygen atoms in total. The average Bonchev–Trinajstić information content (AvgIpc) is 3.26. The Morgan fingerprint density at radius 1 is 0.864 bits per heavy atom. The van der Waals surface area contributed by atoms with Crippen LogP contribution in [0.4, 0.5) is 0 Å². The Kier molecular flexibility index (Phi) is 4.19. The summed E-state index contributed by atoms with van der Waals surface area (Å²) >= 11 is 0. The van der Waals surface area contributed by atoms with Gasteiger partial charge in [-0.1, -0.05) is 32.1 Å². The molecule has 0 radical (unpaired) electrons. The molecule has 4 fully saturated rings. The third-order valence-corrected chi connectivity index (χ3v) is 7.02. The molecule has 0 aromatic heterocycles. The lowest BCUT2D eigenvalue weighted by Crippen LogP contribution is -2.53. The highest BCUT2D eigenvalue weighted by Crippen LogP contribution is 2.42. The lowest BCUT2D eigenvalue weighted by atomic mass is 9.91. The van der Waals surface area contributed by atoms with Gasteiger partial charge in [0.1, 0.15) is 5.54 Å². The van der Waals surface area contributed by atoms with Crippen LogP contribution in [0.5, 0.6) is 0 Å². The minimum atomic E-state index is -0.0833. The minimum absolute atomic E-state index is 0.0833. The van der Waals surface area contributed by atoms with Gasteiger partial charge in [-0.2, -0.15) is 0 Å². The van der Waals surface area contributed by atoms with Gasteiger partial charge in [0.25, 0.3) is 0 Å². The highest BCUT2D eigenvalue weighted by atomic mass is 16.2. The molecule has 0 N–H and O–H groups in total. The van der Waals surface area contributed by atoms with E-state index < -0.39 is 0 Å². The normalized spacial score (nSPS) is 35.3. The molecule has 0 aromatic rings. The number of hydrogen-bond acceptors (Lipinski definition) is 2. The third-order valence-electron chi connectivity index (χ3n) is 7.02. The van der Waals surface area contributed by atoms with Gasteiger partial charge in [0.2, 0.25) is 5.91 Å². The van der Waals surface area contributed by atoms with Gasteiger partial charge in [0, 0.05) is 19.1 Å². The van der Waals surface area contributed by atoms with Crippen molar-refractivity contribution in [1.82, 2.24) is 9.80 Å². The van der Waals surface area contributed by atoms with E-state index in [9.17, 15) is 4.79 Å². The highest BCUT2D eigenvalue weighted by Gasteiger charge is 2.54. The van der Waals surface area contributed by atoms with Crippen molar-refractivity contribution in [2.45, 2.75) is 88.6 Å². The predicted molar refractivity (Wildman–Crippen MR) is 88.7 cm³/mol. The second kappa shape index (κ2) is 6.14. The van der Waals surface area contributed by atoms with E-state index in [1.165, 1.54) is 77.3 Å². The van der Waals surface area contributed by atoms with Gasteiger partial charge in [-0.05, 0) is 57.4 Å². The Labute approximate surface area is 135 Å². The molecule has 4 rings (SSSR count). The number of amides is 1. The molecule has 22 heavy (non-hydrogen) atoms. The van der Waals surface area contributed by atoms with Crippen molar-refractivity contribution in [3.8, 4) is 0 Å². The number of nitrogens with zero attached hydrogens (tertiary/aromatic N) is 2. The molecule has 2 saturated carbocycles. The molecule has 0 bridgehead atoms. The van der Waals surface area contributed by atoms with Crippen LogP contribution < -0.4 is 0 Å². The quantitative estimate of drug-likeness (QED) is 0.795. The van der Waals surface area contributed by atoms with Crippen LogP contribution in [0.15, 0.2) is 0 Å². The summed E-state index contributed by atoms with van der Waals surface area (Å²) in [6.07, 6.45) is 15.6. The molecule has 124 valence electrons. The maximum Gasteiger partial charge on any atom is 0.243 e. The smallest absolute Gasteiger partial charge is 0.243 e. The second-order valence-electron chi connectivity index (χ2n) is 8.27. The molecule has 1 amide bonds. The lowest BCUT2D eigenvalue weighted by Gasteiger charge is -2.37. The molecule has 1 spiro atoms. The van der Waals surface area contributed by atoms with Crippen molar-refractivity contribution < 1.29 is 4.79 Å². The van der Waals surface area contributed by atoms with Crippen LogP contribution in [-0.4, -0.2) is 46.9 Å². The summed E-state index contributed by atoms with van der Waals surface area (Å²) < 4.78 is 0. The summed E-state index contributed by atoms with van der Waals surface area (Å²) in [6.45, 7) is 3.40. The van der Waals surface area contributed by atoms with Gasteiger partial charge in [-0.3, -0.25) is 9.69 Å². The van der Waals surface area contributed by atoms with E-state index in [1.54, 1.807) is 0 Å². The fourth-order valence-corrected chi connectivity index (χ4v) is 5.75. The van der Waals surface area contributed by atoms with E-state index in [0.717, 1.165) is 25.3 Å². The Morgan fingerprint density at radius 3 is 2.36 bits per heavy atom. The molecule has 3 heteroatoms. The zero-order valence-electron chi connectivity index (χ0n) is 14.1. The first-order valence-electron chi connectivity index (χ1n) is 9.86. The van der Waals surface area contributed by atoms with Gasteiger partial charge in [0.05, 0.1) is 0 Å². The van der Waals surface area contributed by atoms with Gasteiger partial charge in [-0.25, -0.2) is 0 Å². The largest absolute Gasteiger partial charge is 0.338 e. The molecule has 2 aliphatic heterocycles. The number of carbonyl (C=O) groups is 1. The fraction of sp³-hybridized carbons (Fsp3) is 0.947. The zero-order chi connectivity index (χ0) is 15.0. The summed E-state index contributed by atoms with van der Waals surface area (Å²) in [5.41, 5.74) is -0.0833. The molecular formula is C19H32N2O. The van der Waals surface area contributed by atoms with Crippen LogP contribution in [0.1, 0.15) is 77.0 Å². The van der Waals surface area contributed by atoms with Gasteiger partial charge >= 0.3 is 0 Å². The van der Waals surface area contributed by atoms with Crippen molar-refractivity contribution >= 4 is 5.91 Å². The summed E-state index contributed by atoms with van der Waals surface area (Å²) in [4.78, 5) is 18.2. The van der Waals surface area contributed by atoms with E-state index >= 15 is 0 Å². The summed E-state index contributed by atoms with van der Waals surface area (Å²) in [7, 11) is 0. The first kappa shape index (κ1) is 15.0. The Balaban J connectivity index is 1.46. The van der Waals surface area contributed by atoms with Crippen molar-refractivity contribution in [1.29, 1.82) is 0 Å². The molecule has 0 aromatic carbocycles. The lowest BCUT2D eigenvalue weighted by molar-refractivity contribution is -0.139. The van der Waals surface area contributed by atoms with Crippen molar-refractivity contribution in [3.05, 3.63) is 0 Å². The maximum atomic E-state index is 13.3. The van der Waals surface area contributed by atoms with E-state index in [4.69, 9.17) is 0 Å². The first-order chi connectivity index (χ1) is 10.8. The second-order valence-corrected chi connectivity index (χ2v) is 8.27. The van der Waals surface area contributed by atoms with E-state index in [2.05, 4.69) is 9.80 Å². The van der Waals surface area contributed by atoms with Gasteiger partial charge in [-0.15, -0.1) is 0 Å². The SMILES string of the molecule is O=C1N(C2CCCCC2)CCC12CCCN2CC1CCCC1. The molecule has 2 heterocycles. The number of likely N-dealkylation sites (tertiary alicyclic amines) is 2. The fourth-order valence-electron chi connectivity index (χ4n) is 5.75. The van der Waals surface area contributed by atoms with E-state index in [0.29, 0.717) is 11.9 Å². The summed E-state index contributed by atoms with van der Waals surface area (Å²) in [5.74, 6) is 1.38. The molecule has 2 aliphatic carbocycles. The van der Waals surface area contributed by atoms with Crippen LogP contribution in [-0.2, 0) is 4.79 Å². The zero-order valence-corrected chi connectivity index (χ0v) is 14.1. The molecule has 1 atom stereocenters. The van der Waals surface area contributed by atoms with E-state index in [-0.39, 0.29) is 5.54 Å². The minimum Gasteiger partial charge on any atom is -0.338 e. The molecule has 4 aliphatic rings. The van der Waals surface area contributed by atoms with Crippen LogP contribution in [0, 0.1) is 5.92 Å². The number of hydrogen-bond donors (Lipinski definition) is 0. The average molecular weight is 304 g/mol.